The van der Waals surface area contributed by atoms with Gasteiger partial charge in [-0.3, -0.25) is 14.5 Å². The number of hydrogen-bond donors (Lipinski definition) is 0. The molecule has 2 fully saturated rings. The van der Waals surface area contributed by atoms with Gasteiger partial charge in [0.1, 0.15) is 9.98 Å². The first kappa shape index (κ1) is 13.2. The first-order chi connectivity index (χ1) is 10.1. The maximum Gasteiger partial charge on any atom is 0.233 e. The molecule has 0 N–H and O–H groups in total. The lowest BCUT2D eigenvalue weighted by Gasteiger charge is -2.14. The summed E-state index contributed by atoms with van der Waals surface area (Å²) in [6, 6.07) is 1.86. The molecule has 3 heterocycles. The Balaban J connectivity index is 1.65. The first-order valence-electron chi connectivity index (χ1n) is 6.90. The number of imide groups is 1. The number of carbonyl (C=O) groups is 2. The molecule has 2 aromatic rings. The van der Waals surface area contributed by atoms with E-state index in [-0.39, 0.29) is 30.2 Å². The molecule has 2 unspecified atom stereocenters. The largest absolute Gasteiger partial charge is 0.274 e. The van der Waals surface area contributed by atoms with Crippen molar-refractivity contribution in [3.8, 4) is 0 Å². The van der Waals surface area contributed by atoms with Gasteiger partial charge in [0, 0.05) is 5.39 Å². The van der Waals surface area contributed by atoms with Crippen molar-refractivity contribution >= 4 is 45.0 Å². The van der Waals surface area contributed by atoms with Crippen LogP contribution in [0.4, 0.5) is 0 Å². The molecule has 108 valence electrons. The van der Waals surface area contributed by atoms with E-state index in [0.717, 1.165) is 29.5 Å². The van der Waals surface area contributed by atoms with Gasteiger partial charge < -0.3 is 0 Å². The Morgan fingerprint density at radius 2 is 1.95 bits per heavy atom. The monoisotopic (exact) mass is 321 g/mol. The van der Waals surface area contributed by atoms with E-state index in [4.69, 9.17) is 11.6 Å². The van der Waals surface area contributed by atoms with Crippen LogP contribution < -0.4 is 0 Å². The predicted molar refractivity (Wildman–Crippen MR) is 78.8 cm³/mol. The molecule has 7 heteroatoms. The Hall–Kier alpha value is -1.53. The predicted octanol–water partition coefficient (Wildman–Crippen LogP) is 2.63. The third-order valence-corrected chi connectivity index (χ3v) is 5.40. The van der Waals surface area contributed by atoms with Gasteiger partial charge in [-0.1, -0.05) is 18.0 Å². The summed E-state index contributed by atoms with van der Waals surface area (Å²) in [5.74, 6) is 0.0236. The summed E-state index contributed by atoms with van der Waals surface area (Å²) in [6.45, 7) is 0.123. The van der Waals surface area contributed by atoms with E-state index in [0.29, 0.717) is 11.0 Å². The second-order valence-electron chi connectivity index (χ2n) is 5.48. The molecule has 2 aliphatic rings. The fourth-order valence-electron chi connectivity index (χ4n) is 3.29. The van der Waals surface area contributed by atoms with Gasteiger partial charge in [0.2, 0.25) is 11.8 Å². The lowest BCUT2D eigenvalue weighted by molar-refractivity contribution is -0.141. The van der Waals surface area contributed by atoms with Crippen LogP contribution in [0.15, 0.2) is 11.4 Å². The van der Waals surface area contributed by atoms with Crippen LogP contribution in [0.5, 0.6) is 0 Å². The average molecular weight is 322 g/mol. The Labute approximate surface area is 129 Å². The zero-order valence-corrected chi connectivity index (χ0v) is 12.7. The highest BCUT2D eigenvalue weighted by Crippen LogP contribution is 2.40. The molecule has 0 aromatic carbocycles. The summed E-state index contributed by atoms with van der Waals surface area (Å²) >= 11 is 7.59. The number of halogens is 1. The molecule has 0 radical (unpaired) electrons. The van der Waals surface area contributed by atoms with Crippen molar-refractivity contribution in [2.24, 2.45) is 11.8 Å². The zero-order chi connectivity index (χ0) is 14.6. The fraction of sp³-hybridized carbons (Fsp3) is 0.429. The molecule has 21 heavy (non-hydrogen) atoms. The topological polar surface area (TPSA) is 63.2 Å². The number of nitrogens with zero attached hydrogens (tertiary/aromatic N) is 3. The van der Waals surface area contributed by atoms with Gasteiger partial charge in [-0.2, -0.15) is 0 Å². The van der Waals surface area contributed by atoms with Crippen molar-refractivity contribution in [2.75, 3.05) is 0 Å². The molecule has 1 aliphatic heterocycles. The van der Waals surface area contributed by atoms with Gasteiger partial charge >= 0.3 is 0 Å². The Morgan fingerprint density at radius 1 is 1.24 bits per heavy atom. The van der Waals surface area contributed by atoms with Gasteiger partial charge in [-0.25, -0.2) is 9.97 Å². The fourth-order valence-corrected chi connectivity index (χ4v) is 4.38. The van der Waals surface area contributed by atoms with E-state index in [9.17, 15) is 9.59 Å². The van der Waals surface area contributed by atoms with E-state index in [1.54, 1.807) is 0 Å². The smallest absolute Gasteiger partial charge is 0.233 e. The third kappa shape index (κ3) is 1.97. The number of amides is 2. The minimum Gasteiger partial charge on any atom is -0.274 e. The van der Waals surface area contributed by atoms with Crippen LogP contribution in [-0.2, 0) is 16.1 Å². The number of hydrogen-bond acceptors (Lipinski definition) is 5. The average Bonchev–Trinajstić information content (AvgIpc) is 3.15. The minimum absolute atomic E-state index is 0.0755. The van der Waals surface area contributed by atoms with E-state index in [2.05, 4.69) is 9.97 Å². The summed E-state index contributed by atoms with van der Waals surface area (Å²) in [4.78, 5) is 35.3. The molecule has 2 aromatic heterocycles. The third-order valence-electron chi connectivity index (χ3n) is 4.31. The van der Waals surface area contributed by atoms with E-state index >= 15 is 0 Å². The van der Waals surface area contributed by atoms with Crippen LogP contribution in [-0.4, -0.2) is 26.7 Å². The van der Waals surface area contributed by atoms with E-state index in [1.807, 2.05) is 11.4 Å². The maximum absolute atomic E-state index is 12.3. The molecule has 1 aliphatic carbocycles. The van der Waals surface area contributed by atoms with E-state index in [1.165, 1.54) is 16.2 Å². The molecule has 5 nitrogen and oxygen atoms in total. The quantitative estimate of drug-likeness (QED) is 0.630. The van der Waals surface area contributed by atoms with Crippen molar-refractivity contribution < 1.29 is 9.59 Å². The summed E-state index contributed by atoms with van der Waals surface area (Å²) < 4.78 is 0. The lowest BCUT2D eigenvalue weighted by Crippen LogP contribution is -2.32. The van der Waals surface area contributed by atoms with Crippen molar-refractivity contribution in [2.45, 2.75) is 25.8 Å². The second kappa shape index (κ2) is 4.74. The van der Waals surface area contributed by atoms with E-state index < -0.39 is 0 Å². The Kier molecular flexibility index (Phi) is 2.97. The Bertz CT molecular complexity index is 738. The van der Waals surface area contributed by atoms with Crippen LogP contribution in [0.1, 0.15) is 25.1 Å². The van der Waals surface area contributed by atoms with Crippen molar-refractivity contribution in [1.82, 2.24) is 14.9 Å². The van der Waals surface area contributed by atoms with Crippen molar-refractivity contribution in [3.05, 3.63) is 22.4 Å². The highest BCUT2D eigenvalue weighted by Gasteiger charge is 2.49. The van der Waals surface area contributed by atoms with Crippen LogP contribution >= 0.6 is 22.9 Å². The highest BCUT2D eigenvalue weighted by atomic mass is 35.5. The SMILES string of the molecule is O=C1C2CCCC2C(=O)N1Cc1nc(Cl)c2ccsc2n1. The molecular formula is C14H12ClN3O2S. The number of aromatic nitrogens is 2. The molecule has 2 amide bonds. The van der Waals surface area contributed by atoms with Gasteiger partial charge in [0.15, 0.2) is 5.82 Å². The zero-order valence-electron chi connectivity index (χ0n) is 11.1. The van der Waals surface area contributed by atoms with Crippen LogP contribution in [0.25, 0.3) is 10.2 Å². The molecule has 1 saturated heterocycles. The summed E-state index contributed by atoms with van der Waals surface area (Å²) in [7, 11) is 0. The molecule has 1 saturated carbocycles. The van der Waals surface area contributed by atoms with Crippen LogP contribution in [0, 0.1) is 11.8 Å². The molecule has 0 bridgehead atoms. The highest BCUT2D eigenvalue weighted by molar-refractivity contribution is 7.16. The van der Waals surface area contributed by atoms with Crippen molar-refractivity contribution in [3.63, 3.8) is 0 Å². The normalized spacial score (nSPS) is 25.1. The van der Waals surface area contributed by atoms with Gasteiger partial charge in [-0.15, -0.1) is 11.3 Å². The van der Waals surface area contributed by atoms with Crippen LogP contribution in [0.2, 0.25) is 5.15 Å². The summed E-state index contributed by atoms with van der Waals surface area (Å²) in [5.41, 5.74) is 0. The lowest BCUT2D eigenvalue weighted by atomic mass is 10.00. The minimum atomic E-state index is -0.126. The standard InChI is InChI=1S/C14H12ClN3O2S/c15-11-9-4-5-21-12(9)17-10(16-11)6-18-13(19)7-2-1-3-8(7)14(18)20/h4-5,7-8H,1-3,6H2. The van der Waals surface area contributed by atoms with Gasteiger partial charge in [0.05, 0.1) is 18.4 Å². The van der Waals surface area contributed by atoms with Gasteiger partial charge in [-0.05, 0) is 24.3 Å². The molecule has 4 rings (SSSR count). The number of fused-ring (bicyclic) bond motifs is 2. The number of carbonyl (C=O) groups excluding carboxylic acids is 2. The summed E-state index contributed by atoms with van der Waals surface area (Å²) in [5, 5.41) is 3.07. The number of likely N-dealkylation sites (tertiary alicyclic amines) is 1. The maximum atomic E-state index is 12.3. The van der Waals surface area contributed by atoms with Gasteiger partial charge in [0.25, 0.3) is 0 Å². The number of thiophene rings is 1. The molecular weight excluding hydrogens is 310 g/mol. The Morgan fingerprint density at radius 3 is 2.67 bits per heavy atom. The molecule has 2 atom stereocenters. The first-order valence-corrected chi connectivity index (χ1v) is 8.16. The van der Waals surface area contributed by atoms with Crippen LogP contribution in [0.3, 0.4) is 0 Å². The second-order valence-corrected chi connectivity index (χ2v) is 6.73. The summed E-state index contributed by atoms with van der Waals surface area (Å²) in [6.07, 6.45) is 2.60. The number of rotatable bonds is 2. The van der Waals surface area contributed by atoms with Crippen molar-refractivity contribution in [1.29, 1.82) is 0 Å². The molecule has 0 spiro atoms.